The Labute approximate surface area is 96.1 Å². The van der Waals surface area contributed by atoms with Gasteiger partial charge < -0.3 is 0 Å². The minimum atomic E-state index is 0.904. The lowest BCUT2D eigenvalue weighted by atomic mass is 10.0. The van der Waals surface area contributed by atoms with Gasteiger partial charge in [-0.15, -0.1) is 0 Å². The van der Waals surface area contributed by atoms with Crippen LogP contribution in [0.25, 0.3) is 0 Å². The van der Waals surface area contributed by atoms with Gasteiger partial charge in [0.05, 0.1) is 5.69 Å². The van der Waals surface area contributed by atoms with E-state index in [1.165, 1.54) is 16.8 Å². The van der Waals surface area contributed by atoms with E-state index in [-0.39, 0.29) is 0 Å². The second-order valence-corrected chi connectivity index (χ2v) is 3.98. The molecule has 0 saturated heterocycles. The summed E-state index contributed by atoms with van der Waals surface area (Å²) in [7, 11) is 1.98. The first-order valence-corrected chi connectivity index (χ1v) is 5.41. The van der Waals surface area contributed by atoms with Gasteiger partial charge in [0.25, 0.3) is 0 Å². The Bertz CT molecular complexity index is 471. The van der Waals surface area contributed by atoms with E-state index in [0.717, 1.165) is 12.1 Å². The maximum absolute atomic E-state index is 4.39. The minimum Gasteiger partial charge on any atom is -0.272 e. The summed E-state index contributed by atoms with van der Waals surface area (Å²) < 4.78 is 1.92. The zero-order chi connectivity index (χ0) is 11.5. The molecule has 0 spiro atoms. The van der Waals surface area contributed by atoms with Gasteiger partial charge in [0.15, 0.2) is 0 Å². The average molecular weight is 214 g/mol. The maximum atomic E-state index is 4.39. The normalized spacial score (nSPS) is 10.7. The van der Waals surface area contributed by atoms with Gasteiger partial charge in [0.1, 0.15) is 0 Å². The molecule has 0 aliphatic rings. The Morgan fingerprint density at radius 1 is 1.38 bits per heavy atom. The number of hydrogen-bond donors (Lipinski definition) is 0. The van der Waals surface area contributed by atoms with Crippen molar-refractivity contribution in [3.63, 3.8) is 0 Å². The molecule has 0 aromatic carbocycles. The van der Waals surface area contributed by atoms with E-state index in [0.29, 0.717) is 0 Å². The fraction of sp³-hybridized carbons (Fsp3) is 0.308. The summed E-state index contributed by atoms with van der Waals surface area (Å²) in [6, 6.07) is 4.05. The molecule has 0 amide bonds. The van der Waals surface area contributed by atoms with Crippen LogP contribution in [0.4, 0.5) is 0 Å². The van der Waals surface area contributed by atoms with Gasteiger partial charge in [-0.2, -0.15) is 5.10 Å². The molecule has 2 aromatic heterocycles. The second kappa shape index (κ2) is 4.47. The molecule has 2 heterocycles. The van der Waals surface area contributed by atoms with Crippen molar-refractivity contribution in [2.75, 3.05) is 0 Å². The molecule has 2 rings (SSSR count). The van der Waals surface area contributed by atoms with Gasteiger partial charge in [-0.05, 0) is 43.9 Å². The number of pyridine rings is 1. The van der Waals surface area contributed by atoms with Crippen LogP contribution in [0.2, 0.25) is 0 Å². The molecule has 0 aliphatic carbocycles. The second-order valence-electron chi connectivity index (χ2n) is 3.98. The van der Waals surface area contributed by atoms with E-state index in [1.807, 2.05) is 30.9 Å². The third-order valence-electron chi connectivity index (χ3n) is 2.83. The minimum absolute atomic E-state index is 0.904. The van der Waals surface area contributed by atoms with Crippen LogP contribution in [0, 0.1) is 20.3 Å². The van der Waals surface area contributed by atoms with Crippen molar-refractivity contribution in [1.82, 2.24) is 14.8 Å². The number of hydrogen-bond acceptors (Lipinski definition) is 2. The van der Waals surface area contributed by atoms with E-state index in [1.54, 1.807) is 6.20 Å². The van der Waals surface area contributed by atoms with Crippen molar-refractivity contribution >= 4 is 0 Å². The van der Waals surface area contributed by atoms with Gasteiger partial charge in [-0.1, -0.05) is 6.07 Å². The zero-order valence-electron chi connectivity index (χ0n) is 9.94. The predicted octanol–water partition coefficient (Wildman–Crippen LogP) is 2.23. The highest BCUT2D eigenvalue weighted by Gasteiger charge is 2.09. The highest BCUT2D eigenvalue weighted by atomic mass is 15.3. The van der Waals surface area contributed by atoms with Crippen molar-refractivity contribution in [3.05, 3.63) is 53.5 Å². The largest absolute Gasteiger partial charge is 0.272 e. The summed E-state index contributed by atoms with van der Waals surface area (Å²) in [5.74, 6) is 0. The third kappa shape index (κ3) is 2.13. The van der Waals surface area contributed by atoms with Crippen LogP contribution in [0.15, 0.2) is 24.5 Å². The summed E-state index contributed by atoms with van der Waals surface area (Å²) >= 11 is 0. The van der Waals surface area contributed by atoms with Crippen LogP contribution in [-0.2, 0) is 13.5 Å². The van der Waals surface area contributed by atoms with Crippen molar-refractivity contribution in [1.29, 1.82) is 0 Å². The summed E-state index contributed by atoms with van der Waals surface area (Å²) in [4.78, 5) is 4.11. The molecule has 16 heavy (non-hydrogen) atoms. The maximum Gasteiger partial charge on any atom is 0.0631 e. The summed E-state index contributed by atoms with van der Waals surface area (Å²) in [6.07, 6.45) is 6.82. The molecule has 0 fully saturated rings. The highest BCUT2D eigenvalue weighted by Crippen LogP contribution is 2.16. The Morgan fingerprint density at radius 2 is 2.19 bits per heavy atom. The van der Waals surface area contributed by atoms with E-state index in [9.17, 15) is 0 Å². The molecule has 0 atom stereocenters. The monoisotopic (exact) mass is 214 g/mol. The van der Waals surface area contributed by atoms with Crippen LogP contribution in [-0.4, -0.2) is 14.8 Å². The molecule has 83 valence electrons. The molecular weight excluding hydrogens is 198 g/mol. The summed E-state index contributed by atoms with van der Waals surface area (Å²) in [5, 5.41) is 4.39. The van der Waals surface area contributed by atoms with Crippen LogP contribution < -0.4 is 0 Å². The van der Waals surface area contributed by atoms with Crippen molar-refractivity contribution in [2.45, 2.75) is 20.3 Å². The first-order valence-electron chi connectivity index (χ1n) is 5.41. The average Bonchev–Trinajstić information content (AvgIpc) is 2.53. The van der Waals surface area contributed by atoms with E-state index in [4.69, 9.17) is 0 Å². The topological polar surface area (TPSA) is 30.7 Å². The number of rotatable bonds is 3. The van der Waals surface area contributed by atoms with Gasteiger partial charge in [-0.3, -0.25) is 9.67 Å². The molecule has 2 aromatic rings. The number of aryl methyl sites for hydroxylation is 2. The number of nitrogens with zero attached hydrogens (tertiary/aromatic N) is 3. The molecular formula is C13H16N3. The van der Waals surface area contributed by atoms with E-state index in [2.05, 4.69) is 29.5 Å². The van der Waals surface area contributed by atoms with Crippen molar-refractivity contribution in [2.24, 2.45) is 7.05 Å². The lowest BCUT2D eigenvalue weighted by Crippen LogP contribution is -1.95. The molecule has 3 heteroatoms. The van der Waals surface area contributed by atoms with Gasteiger partial charge in [0.2, 0.25) is 0 Å². The Hall–Kier alpha value is -1.64. The molecule has 3 nitrogen and oxygen atoms in total. The summed E-state index contributed by atoms with van der Waals surface area (Å²) in [6.45, 7) is 4.14. The summed E-state index contributed by atoms with van der Waals surface area (Å²) in [5.41, 5.74) is 4.77. The SMILES string of the molecule is Cc1nn(C)c(C)c1[CH]Cc1cccnc1. The van der Waals surface area contributed by atoms with Crippen LogP contribution in [0.5, 0.6) is 0 Å². The number of aromatic nitrogens is 3. The molecule has 0 bridgehead atoms. The Morgan fingerprint density at radius 3 is 2.75 bits per heavy atom. The van der Waals surface area contributed by atoms with Gasteiger partial charge in [-0.25, -0.2) is 0 Å². The van der Waals surface area contributed by atoms with Gasteiger partial charge >= 0.3 is 0 Å². The van der Waals surface area contributed by atoms with Gasteiger partial charge in [0, 0.05) is 25.1 Å². The fourth-order valence-electron chi connectivity index (χ4n) is 1.82. The molecule has 0 aliphatic heterocycles. The van der Waals surface area contributed by atoms with Crippen molar-refractivity contribution in [3.8, 4) is 0 Å². The van der Waals surface area contributed by atoms with E-state index < -0.39 is 0 Å². The third-order valence-corrected chi connectivity index (χ3v) is 2.83. The smallest absolute Gasteiger partial charge is 0.0631 e. The Kier molecular flexibility index (Phi) is 3.04. The van der Waals surface area contributed by atoms with Crippen LogP contribution in [0.1, 0.15) is 22.5 Å². The van der Waals surface area contributed by atoms with Crippen LogP contribution in [0.3, 0.4) is 0 Å². The standard InChI is InChI=1S/C13H16N3/c1-10-13(11(2)16(3)15-10)7-6-12-5-4-8-14-9-12/h4-5,7-9H,6H2,1-3H3. The highest BCUT2D eigenvalue weighted by molar-refractivity contribution is 5.33. The first kappa shape index (κ1) is 10.9. The predicted molar refractivity (Wildman–Crippen MR) is 64.0 cm³/mol. The molecule has 1 radical (unpaired) electrons. The quantitative estimate of drug-likeness (QED) is 0.784. The lowest BCUT2D eigenvalue weighted by Gasteiger charge is -2.01. The Balaban J connectivity index is 2.11. The molecule has 0 unspecified atom stereocenters. The molecule has 0 N–H and O–H groups in total. The molecule has 0 saturated carbocycles. The zero-order valence-corrected chi connectivity index (χ0v) is 9.94. The van der Waals surface area contributed by atoms with Crippen LogP contribution >= 0.6 is 0 Å². The first-order chi connectivity index (χ1) is 7.68. The lowest BCUT2D eigenvalue weighted by molar-refractivity contribution is 0.730. The van der Waals surface area contributed by atoms with Crippen molar-refractivity contribution < 1.29 is 0 Å². The van der Waals surface area contributed by atoms with E-state index >= 15 is 0 Å². The fourth-order valence-corrected chi connectivity index (χ4v) is 1.82.